The number of aromatic nitrogens is 2. The van der Waals surface area contributed by atoms with E-state index in [9.17, 15) is 26.4 Å². The highest BCUT2D eigenvalue weighted by Crippen LogP contribution is 2.30. The quantitative estimate of drug-likeness (QED) is 0.229. The third-order valence-corrected chi connectivity index (χ3v) is 7.10. The van der Waals surface area contributed by atoms with E-state index in [1.54, 1.807) is 16.8 Å². The number of hydrogen-bond donors (Lipinski definition) is 3. The molecule has 0 bridgehead atoms. The standard InChI is InChI=1S/C28H28F3N5O3S/c1-2-19-8-10-20(11-9-19)26-18-23(35-36(26)24-12-14-25(15-13-24)40(32,38)39)7-4-16-33-27(37)34-22-6-3-5-21(17-22)28(29,30)31/h3,5-6,8-15,17-18H,2,4,7,16H2,1H3,(H2,32,38,39)(H2,33,34,37). The average Bonchev–Trinajstić information content (AvgIpc) is 3.34. The summed E-state index contributed by atoms with van der Waals surface area (Å²) < 4.78 is 63.7. The van der Waals surface area contributed by atoms with Crippen molar-refractivity contribution in [1.29, 1.82) is 0 Å². The molecule has 12 heteroatoms. The lowest BCUT2D eigenvalue weighted by atomic mass is 10.1. The van der Waals surface area contributed by atoms with Gasteiger partial charge in [0.2, 0.25) is 10.0 Å². The summed E-state index contributed by atoms with van der Waals surface area (Å²) in [6, 6.07) is 19.9. The van der Waals surface area contributed by atoms with Gasteiger partial charge in [-0.15, -0.1) is 0 Å². The Hall–Kier alpha value is -4.16. The predicted molar refractivity (Wildman–Crippen MR) is 147 cm³/mol. The Morgan fingerprint density at radius 3 is 2.33 bits per heavy atom. The number of nitrogens with one attached hydrogen (secondary N) is 2. The van der Waals surface area contributed by atoms with Gasteiger partial charge in [0, 0.05) is 17.8 Å². The number of hydrogen-bond acceptors (Lipinski definition) is 4. The second kappa shape index (κ2) is 11.9. The van der Waals surface area contributed by atoms with Crippen LogP contribution in [0.5, 0.6) is 0 Å². The first-order valence-corrected chi connectivity index (χ1v) is 14.0. The number of carbonyl (C=O) groups excluding carboxylic acids is 1. The smallest absolute Gasteiger partial charge is 0.338 e. The van der Waals surface area contributed by atoms with Crippen LogP contribution < -0.4 is 15.8 Å². The number of primary sulfonamides is 1. The van der Waals surface area contributed by atoms with Gasteiger partial charge in [0.25, 0.3) is 0 Å². The van der Waals surface area contributed by atoms with Crippen LogP contribution in [0.1, 0.15) is 30.2 Å². The van der Waals surface area contributed by atoms with Crippen molar-refractivity contribution >= 4 is 21.7 Å². The maximum Gasteiger partial charge on any atom is 0.416 e. The second-order valence-electron chi connectivity index (χ2n) is 9.09. The van der Waals surface area contributed by atoms with Gasteiger partial charge in [-0.05, 0) is 73.4 Å². The normalized spacial score (nSPS) is 11.8. The predicted octanol–water partition coefficient (Wildman–Crippen LogP) is 5.52. The highest BCUT2D eigenvalue weighted by molar-refractivity contribution is 7.89. The number of anilines is 1. The minimum Gasteiger partial charge on any atom is -0.338 e. The molecule has 0 atom stereocenters. The topological polar surface area (TPSA) is 119 Å². The molecule has 0 aliphatic carbocycles. The Bertz CT molecular complexity index is 1580. The molecule has 1 aromatic heterocycles. The lowest BCUT2D eigenvalue weighted by Gasteiger charge is -2.10. The molecule has 0 fully saturated rings. The molecule has 3 aromatic carbocycles. The Morgan fingerprint density at radius 1 is 1.00 bits per heavy atom. The van der Waals surface area contributed by atoms with E-state index < -0.39 is 27.8 Å². The van der Waals surface area contributed by atoms with Crippen LogP contribution in [0.3, 0.4) is 0 Å². The van der Waals surface area contributed by atoms with Gasteiger partial charge in [-0.3, -0.25) is 0 Å². The molecule has 0 spiro atoms. The average molecular weight is 572 g/mol. The van der Waals surface area contributed by atoms with Gasteiger partial charge in [-0.1, -0.05) is 37.3 Å². The monoisotopic (exact) mass is 571 g/mol. The highest BCUT2D eigenvalue weighted by atomic mass is 32.2. The molecule has 4 rings (SSSR count). The van der Waals surface area contributed by atoms with Crippen molar-refractivity contribution in [2.75, 3.05) is 11.9 Å². The molecule has 8 nitrogen and oxygen atoms in total. The minimum atomic E-state index is -4.50. The summed E-state index contributed by atoms with van der Waals surface area (Å²) in [6.45, 7) is 2.33. The van der Waals surface area contributed by atoms with E-state index in [2.05, 4.69) is 17.6 Å². The van der Waals surface area contributed by atoms with Gasteiger partial charge >= 0.3 is 12.2 Å². The van der Waals surface area contributed by atoms with Gasteiger partial charge in [0.15, 0.2) is 0 Å². The van der Waals surface area contributed by atoms with Crippen molar-refractivity contribution in [1.82, 2.24) is 15.1 Å². The summed E-state index contributed by atoms with van der Waals surface area (Å²) in [7, 11) is -3.84. The molecule has 4 N–H and O–H groups in total. The number of halogens is 3. The molecule has 0 aliphatic heterocycles. The van der Waals surface area contributed by atoms with E-state index in [0.717, 1.165) is 35.5 Å². The number of sulfonamides is 1. The first kappa shape index (κ1) is 28.8. The van der Waals surface area contributed by atoms with Crippen molar-refractivity contribution in [2.45, 2.75) is 37.3 Å². The fourth-order valence-corrected chi connectivity index (χ4v) is 4.58. The third-order valence-electron chi connectivity index (χ3n) is 6.17. The van der Waals surface area contributed by atoms with Crippen molar-refractivity contribution < 1.29 is 26.4 Å². The van der Waals surface area contributed by atoms with Crippen molar-refractivity contribution in [3.8, 4) is 16.9 Å². The minimum absolute atomic E-state index is 0.00744. The van der Waals surface area contributed by atoms with Crippen LogP contribution in [0, 0.1) is 0 Å². The summed E-state index contributed by atoms with van der Waals surface area (Å²) in [5.74, 6) is 0. The molecule has 0 saturated carbocycles. The number of amides is 2. The molecule has 1 heterocycles. The molecule has 0 aliphatic rings. The van der Waals surface area contributed by atoms with Gasteiger partial charge < -0.3 is 10.6 Å². The van der Waals surface area contributed by atoms with E-state index in [-0.39, 0.29) is 17.1 Å². The third kappa shape index (κ3) is 7.27. The van der Waals surface area contributed by atoms with E-state index in [1.807, 2.05) is 30.3 Å². The van der Waals surface area contributed by atoms with E-state index in [4.69, 9.17) is 10.2 Å². The molecular weight excluding hydrogens is 543 g/mol. The second-order valence-corrected chi connectivity index (χ2v) is 10.6. The maximum atomic E-state index is 12.9. The molecule has 0 unspecified atom stereocenters. The van der Waals surface area contributed by atoms with Crippen LogP contribution in [0.15, 0.2) is 83.8 Å². The van der Waals surface area contributed by atoms with Gasteiger partial charge in [0.1, 0.15) is 0 Å². The molecular formula is C28H28F3N5O3S. The fraction of sp³-hybridized carbons (Fsp3) is 0.214. The molecule has 4 aromatic rings. The number of nitrogens with two attached hydrogens (primary N) is 1. The summed E-state index contributed by atoms with van der Waals surface area (Å²) in [6.07, 6.45) is -2.58. The number of carbonyl (C=O) groups is 1. The summed E-state index contributed by atoms with van der Waals surface area (Å²) in [4.78, 5) is 12.2. The van der Waals surface area contributed by atoms with Crippen molar-refractivity contribution in [3.63, 3.8) is 0 Å². The van der Waals surface area contributed by atoms with Crippen LogP contribution >= 0.6 is 0 Å². The number of nitrogens with zero attached hydrogens (tertiary/aromatic N) is 2. The Morgan fingerprint density at radius 2 is 1.70 bits per heavy atom. The lowest BCUT2D eigenvalue weighted by molar-refractivity contribution is -0.137. The Labute approximate surface area is 230 Å². The summed E-state index contributed by atoms with van der Waals surface area (Å²) in [5, 5.41) is 15.0. The van der Waals surface area contributed by atoms with Crippen LogP contribution in [0.25, 0.3) is 16.9 Å². The molecule has 0 radical (unpaired) electrons. The highest BCUT2D eigenvalue weighted by Gasteiger charge is 2.30. The Kier molecular flexibility index (Phi) is 8.60. The zero-order chi connectivity index (χ0) is 28.9. The maximum absolute atomic E-state index is 12.9. The first-order chi connectivity index (χ1) is 18.9. The molecule has 0 saturated heterocycles. The van der Waals surface area contributed by atoms with Gasteiger partial charge in [-0.2, -0.15) is 18.3 Å². The number of aryl methyl sites for hydroxylation is 2. The molecule has 40 heavy (non-hydrogen) atoms. The molecule has 210 valence electrons. The number of rotatable bonds is 9. The van der Waals surface area contributed by atoms with Crippen LogP contribution in [0.2, 0.25) is 0 Å². The SMILES string of the molecule is CCc1ccc(-c2cc(CCCNC(=O)Nc3cccc(C(F)(F)F)c3)nn2-c2ccc(S(N)(=O)=O)cc2)cc1. The van der Waals surface area contributed by atoms with E-state index in [0.29, 0.717) is 18.5 Å². The summed E-state index contributed by atoms with van der Waals surface area (Å²) >= 11 is 0. The van der Waals surface area contributed by atoms with Crippen molar-refractivity contribution in [2.24, 2.45) is 5.14 Å². The zero-order valence-electron chi connectivity index (χ0n) is 21.6. The van der Waals surface area contributed by atoms with Crippen LogP contribution in [-0.2, 0) is 29.0 Å². The number of alkyl halides is 3. The van der Waals surface area contributed by atoms with Crippen molar-refractivity contribution in [3.05, 3.63) is 95.7 Å². The molecule has 2 amide bonds. The zero-order valence-corrected chi connectivity index (χ0v) is 22.4. The lowest BCUT2D eigenvalue weighted by Crippen LogP contribution is -2.29. The van der Waals surface area contributed by atoms with Crippen LogP contribution in [0.4, 0.5) is 23.7 Å². The summed E-state index contributed by atoms with van der Waals surface area (Å²) in [5.41, 5.74) is 3.49. The fourth-order valence-electron chi connectivity index (χ4n) is 4.06. The Balaban J connectivity index is 1.45. The number of benzene rings is 3. The van der Waals surface area contributed by atoms with Gasteiger partial charge in [0.05, 0.1) is 27.5 Å². The van der Waals surface area contributed by atoms with Crippen LogP contribution in [-0.4, -0.2) is 30.8 Å². The van der Waals surface area contributed by atoms with Gasteiger partial charge in [-0.25, -0.2) is 23.0 Å². The number of urea groups is 1. The van der Waals surface area contributed by atoms with E-state index in [1.165, 1.54) is 29.8 Å². The first-order valence-electron chi connectivity index (χ1n) is 12.5. The largest absolute Gasteiger partial charge is 0.416 e. The van der Waals surface area contributed by atoms with E-state index >= 15 is 0 Å².